The Morgan fingerprint density at radius 3 is 2.85 bits per heavy atom. The quantitative estimate of drug-likeness (QED) is 0.882. The molecule has 1 saturated carbocycles. The summed E-state index contributed by atoms with van der Waals surface area (Å²) in [7, 11) is 0. The third-order valence-electron chi connectivity index (χ3n) is 5.36. The molecule has 0 radical (unpaired) electrons. The first-order valence-electron chi connectivity index (χ1n) is 9.23. The molecule has 4 rings (SSSR count). The number of benzene rings is 1. The van der Waals surface area contributed by atoms with Gasteiger partial charge in [-0.1, -0.05) is 23.4 Å². The number of likely N-dealkylation sites (tertiary alicyclic amines) is 1. The fourth-order valence-corrected chi connectivity index (χ4v) is 3.54. The summed E-state index contributed by atoms with van der Waals surface area (Å²) >= 11 is 0. The van der Waals surface area contributed by atoms with Crippen LogP contribution in [0.25, 0.3) is 0 Å². The Morgan fingerprint density at radius 2 is 2.12 bits per heavy atom. The van der Waals surface area contributed by atoms with E-state index >= 15 is 0 Å². The van der Waals surface area contributed by atoms with E-state index < -0.39 is 5.54 Å². The zero-order valence-corrected chi connectivity index (χ0v) is 14.8. The predicted octanol–water partition coefficient (Wildman–Crippen LogP) is 2.19. The Kier molecular flexibility index (Phi) is 4.63. The van der Waals surface area contributed by atoms with Crippen molar-refractivity contribution in [1.29, 1.82) is 0 Å². The molecule has 26 heavy (non-hydrogen) atoms. The van der Waals surface area contributed by atoms with Crippen molar-refractivity contribution in [2.45, 2.75) is 43.6 Å². The summed E-state index contributed by atoms with van der Waals surface area (Å²) in [4.78, 5) is 18.8. The highest BCUT2D eigenvalue weighted by atomic mass is 16.5. The second-order valence-corrected chi connectivity index (χ2v) is 7.25. The molecule has 2 aromatic rings. The lowest BCUT2D eigenvalue weighted by atomic mass is 9.77. The molecule has 1 atom stereocenters. The largest absolute Gasteiger partial charge is 0.484 e. The number of para-hydroxylation sites is 1. The van der Waals surface area contributed by atoms with Gasteiger partial charge in [0.05, 0.1) is 11.5 Å². The minimum atomic E-state index is -0.421. The fraction of sp³-hybridized carbons (Fsp3) is 0.526. The van der Waals surface area contributed by atoms with Gasteiger partial charge in [-0.05, 0) is 44.2 Å². The van der Waals surface area contributed by atoms with Crippen molar-refractivity contribution in [2.75, 3.05) is 19.7 Å². The number of aromatic nitrogens is 2. The smallest absolute Gasteiger partial charge is 0.260 e. The Morgan fingerprint density at radius 1 is 1.31 bits per heavy atom. The van der Waals surface area contributed by atoms with Gasteiger partial charge in [-0.15, -0.1) is 0 Å². The maximum Gasteiger partial charge on any atom is 0.260 e. The molecule has 2 N–H and O–H groups in total. The van der Waals surface area contributed by atoms with Crippen LogP contribution in [0.2, 0.25) is 0 Å². The zero-order valence-electron chi connectivity index (χ0n) is 14.8. The Hall–Kier alpha value is -2.41. The number of piperidine rings is 1. The van der Waals surface area contributed by atoms with E-state index in [-0.39, 0.29) is 18.4 Å². The van der Waals surface area contributed by atoms with Crippen LogP contribution in [0.3, 0.4) is 0 Å². The second-order valence-electron chi connectivity index (χ2n) is 7.25. The first-order valence-corrected chi connectivity index (χ1v) is 9.23. The summed E-state index contributed by atoms with van der Waals surface area (Å²) < 4.78 is 11.0. The number of nitrogens with zero attached hydrogens (tertiary/aromatic N) is 3. The molecule has 2 fully saturated rings. The van der Waals surface area contributed by atoms with Crippen molar-refractivity contribution in [3.63, 3.8) is 0 Å². The van der Waals surface area contributed by atoms with Gasteiger partial charge in [0.15, 0.2) is 12.4 Å². The average molecular weight is 356 g/mol. The molecule has 7 nitrogen and oxygen atoms in total. The number of carbonyl (C=O) groups excluding carboxylic acids is 1. The average Bonchev–Trinajstić information content (AvgIpc) is 3.16. The van der Waals surface area contributed by atoms with Gasteiger partial charge in [0.1, 0.15) is 5.75 Å². The van der Waals surface area contributed by atoms with E-state index in [9.17, 15) is 4.79 Å². The summed E-state index contributed by atoms with van der Waals surface area (Å²) in [5.41, 5.74) is 5.85. The van der Waals surface area contributed by atoms with Crippen LogP contribution < -0.4 is 10.5 Å². The van der Waals surface area contributed by atoms with Crippen molar-refractivity contribution in [3.05, 3.63) is 42.0 Å². The molecular weight excluding hydrogens is 332 g/mol. The molecule has 7 heteroatoms. The highest BCUT2D eigenvalue weighted by Crippen LogP contribution is 2.38. The number of nitrogens with two attached hydrogens (primary N) is 1. The third-order valence-corrected chi connectivity index (χ3v) is 5.36. The number of carbonyl (C=O) groups is 1. The van der Waals surface area contributed by atoms with Gasteiger partial charge < -0.3 is 19.9 Å². The number of ether oxygens (including phenoxy) is 1. The summed E-state index contributed by atoms with van der Waals surface area (Å²) in [5, 5.41) is 4.09. The minimum absolute atomic E-state index is 0.0208. The monoisotopic (exact) mass is 356 g/mol. The highest BCUT2D eigenvalue weighted by Gasteiger charge is 2.40. The number of amides is 1. The van der Waals surface area contributed by atoms with Crippen LogP contribution >= 0.6 is 0 Å². The van der Waals surface area contributed by atoms with Crippen molar-refractivity contribution in [2.24, 2.45) is 5.73 Å². The van der Waals surface area contributed by atoms with Crippen molar-refractivity contribution >= 4 is 5.91 Å². The lowest BCUT2D eigenvalue weighted by molar-refractivity contribution is -0.134. The van der Waals surface area contributed by atoms with E-state index in [1.165, 1.54) is 0 Å². The molecule has 1 aliphatic heterocycles. The summed E-state index contributed by atoms with van der Waals surface area (Å²) in [6.45, 7) is 1.35. The molecule has 1 aliphatic carbocycles. The van der Waals surface area contributed by atoms with Gasteiger partial charge in [0.2, 0.25) is 5.89 Å². The fourth-order valence-electron chi connectivity index (χ4n) is 3.54. The van der Waals surface area contributed by atoms with Crippen LogP contribution in [0.1, 0.15) is 49.7 Å². The van der Waals surface area contributed by atoms with Crippen LogP contribution in [0.4, 0.5) is 0 Å². The lowest BCUT2D eigenvalue weighted by Gasteiger charge is -2.34. The third kappa shape index (κ3) is 3.44. The molecule has 1 aromatic heterocycles. The first-order chi connectivity index (χ1) is 12.6. The molecule has 2 aliphatic rings. The molecule has 1 saturated heterocycles. The standard InChI is InChI=1S/C19H24N4O3/c20-19(9-5-10-19)18-21-17(26-22-18)14-6-4-11-23(12-14)16(24)13-25-15-7-2-1-3-8-15/h1-3,7-8,14H,4-6,9-13,20H2. The van der Waals surface area contributed by atoms with Gasteiger partial charge in [-0.2, -0.15) is 4.98 Å². The van der Waals surface area contributed by atoms with E-state index in [1.54, 1.807) is 0 Å². The molecule has 138 valence electrons. The van der Waals surface area contributed by atoms with Gasteiger partial charge in [0, 0.05) is 13.1 Å². The van der Waals surface area contributed by atoms with Crippen LogP contribution in [0.5, 0.6) is 5.75 Å². The summed E-state index contributed by atoms with van der Waals surface area (Å²) in [6, 6.07) is 9.37. The SMILES string of the molecule is NC1(c2noc(C3CCCN(C(=O)COc4ccccc4)C3)n2)CCC1. The Balaban J connectivity index is 1.36. The molecule has 1 aromatic carbocycles. The van der Waals surface area contributed by atoms with E-state index in [2.05, 4.69) is 10.1 Å². The van der Waals surface area contributed by atoms with Gasteiger partial charge in [-0.25, -0.2) is 0 Å². The van der Waals surface area contributed by atoms with Gasteiger partial charge >= 0.3 is 0 Å². The highest BCUT2D eigenvalue weighted by molar-refractivity contribution is 5.78. The number of hydrogen-bond acceptors (Lipinski definition) is 6. The topological polar surface area (TPSA) is 94.5 Å². The van der Waals surface area contributed by atoms with Crippen molar-refractivity contribution in [1.82, 2.24) is 15.0 Å². The lowest BCUT2D eigenvalue weighted by Crippen LogP contribution is -2.44. The maximum absolute atomic E-state index is 12.5. The van der Waals surface area contributed by atoms with Crippen LogP contribution in [0.15, 0.2) is 34.9 Å². The molecule has 1 amide bonds. The molecule has 0 bridgehead atoms. The Bertz CT molecular complexity index is 757. The number of rotatable bonds is 5. The maximum atomic E-state index is 12.5. The van der Waals surface area contributed by atoms with Gasteiger partial charge in [0.25, 0.3) is 5.91 Å². The summed E-state index contributed by atoms with van der Waals surface area (Å²) in [5.74, 6) is 1.94. The van der Waals surface area contributed by atoms with E-state index in [0.29, 0.717) is 24.0 Å². The van der Waals surface area contributed by atoms with E-state index in [1.807, 2.05) is 35.2 Å². The first kappa shape index (κ1) is 17.0. The second kappa shape index (κ2) is 7.07. The molecule has 0 spiro atoms. The van der Waals surface area contributed by atoms with Crippen LogP contribution in [0, 0.1) is 0 Å². The van der Waals surface area contributed by atoms with Crippen molar-refractivity contribution < 1.29 is 14.1 Å². The molecule has 2 heterocycles. The van der Waals surface area contributed by atoms with E-state index in [4.69, 9.17) is 15.0 Å². The van der Waals surface area contributed by atoms with Crippen molar-refractivity contribution in [3.8, 4) is 5.75 Å². The zero-order chi connectivity index (χ0) is 18.0. The number of hydrogen-bond donors (Lipinski definition) is 1. The normalized spacial score (nSPS) is 21.9. The van der Waals surface area contributed by atoms with Gasteiger partial charge in [-0.3, -0.25) is 4.79 Å². The molecule has 1 unspecified atom stereocenters. The summed E-state index contributed by atoms with van der Waals surface area (Å²) in [6.07, 6.45) is 4.75. The molecular formula is C19H24N4O3. The predicted molar refractivity (Wildman–Crippen MR) is 94.5 cm³/mol. The van der Waals surface area contributed by atoms with E-state index in [0.717, 1.165) is 38.6 Å². The van der Waals surface area contributed by atoms with Crippen LogP contribution in [-0.4, -0.2) is 40.6 Å². The minimum Gasteiger partial charge on any atom is -0.484 e. The van der Waals surface area contributed by atoms with Crippen LogP contribution in [-0.2, 0) is 10.3 Å². The Labute approximate surface area is 152 Å².